The summed E-state index contributed by atoms with van der Waals surface area (Å²) in [6.45, 7) is 6.59. The Morgan fingerprint density at radius 2 is 1.97 bits per heavy atom. The number of alkyl halides is 3. The van der Waals surface area contributed by atoms with E-state index >= 15 is 0 Å². The van der Waals surface area contributed by atoms with Crippen molar-refractivity contribution in [2.75, 3.05) is 26.3 Å². The number of piperidine rings is 1. The second-order valence-electron chi connectivity index (χ2n) is 8.36. The van der Waals surface area contributed by atoms with Crippen molar-refractivity contribution >= 4 is 16.0 Å². The van der Waals surface area contributed by atoms with Gasteiger partial charge in [-0.2, -0.15) is 13.2 Å². The van der Waals surface area contributed by atoms with Crippen LogP contribution >= 0.6 is 0 Å². The van der Waals surface area contributed by atoms with Crippen molar-refractivity contribution in [3.63, 3.8) is 0 Å². The van der Waals surface area contributed by atoms with Crippen LogP contribution < -0.4 is 0 Å². The molecule has 33 heavy (non-hydrogen) atoms. The summed E-state index contributed by atoms with van der Waals surface area (Å²) in [6.07, 6.45) is 0.235. The lowest BCUT2D eigenvalue weighted by molar-refractivity contribution is -0.192. The van der Waals surface area contributed by atoms with Crippen LogP contribution in [0.25, 0.3) is 0 Å². The standard InChI is InChI=1S/C19H30N2O4S.C2HF3O2/c1-16(2)26(22,23)21-11-8-19(9-12-21)17(7-14-25-19)6-13-24-15-18-5-3-4-10-20-18;3-2(4,5)1(6)7/h3-5,10,16-17H,6-9,11-15H2,1-2H3;(H,6,7). The summed E-state index contributed by atoms with van der Waals surface area (Å²) in [5.41, 5.74) is 0.772. The average Bonchev–Trinajstić information content (AvgIpc) is 3.13. The first-order chi connectivity index (χ1) is 15.4. The van der Waals surface area contributed by atoms with Crippen LogP contribution in [0, 0.1) is 5.92 Å². The molecule has 2 saturated heterocycles. The maximum Gasteiger partial charge on any atom is 0.490 e. The predicted octanol–water partition coefficient (Wildman–Crippen LogP) is 3.23. The van der Waals surface area contributed by atoms with E-state index in [0.29, 0.717) is 32.2 Å². The average molecular weight is 497 g/mol. The van der Waals surface area contributed by atoms with Crippen LogP contribution in [0.3, 0.4) is 0 Å². The number of hydrogen-bond acceptors (Lipinski definition) is 6. The largest absolute Gasteiger partial charge is 0.490 e. The number of hydrogen-bond donors (Lipinski definition) is 1. The van der Waals surface area contributed by atoms with Crippen molar-refractivity contribution < 1.29 is 41.0 Å². The van der Waals surface area contributed by atoms with E-state index in [1.807, 2.05) is 18.2 Å². The molecule has 1 spiro atoms. The normalized spacial score (nSPS) is 21.1. The third-order valence-corrected chi connectivity index (χ3v) is 8.23. The smallest absolute Gasteiger partial charge is 0.475 e. The minimum absolute atomic E-state index is 0.169. The van der Waals surface area contributed by atoms with Gasteiger partial charge in [-0.1, -0.05) is 6.07 Å². The van der Waals surface area contributed by atoms with Gasteiger partial charge in [0, 0.05) is 32.5 Å². The number of pyridine rings is 1. The summed E-state index contributed by atoms with van der Waals surface area (Å²) in [7, 11) is -3.17. The number of rotatable bonds is 7. The number of nitrogens with zero attached hydrogens (tertiary/aromatic N) is 2. The van der Waals surface area contributed by atoms with Gasteiger partial charge in [-0.25, -0.2) is 17.5 Å². The minimum Gasteiger partial charge on any atom is -0.475 e. The number of aliphatic carboxylic acids is 1. The van der Waals surface area contributed by atoms with Crippen LogP contribution in [0.2, 0.25) is 0 Å². The van der Waals surface area contributed by atoms with Crippen LogP contribution in [-0.4, -0.2) is 72.1 Å². The maximum atomic E-state index is 12.4. The van der Waals surface area contributed by atoms with Crippen molar-refractivity contribution in [1.82, 2.24) is 9.29 Å². The lowest BCUT2D eigenvalue weighted by atomic mass is 9.78. The lowest BCUT2D eigenvalue weighted by Gasteiger charge is -2.42. The lowest BCUT2D eigenvalue weighted by Crippen LogP contribution is -2.50. The highest BCUT2D eigenvalue weighted by atomic mass is 32.2. The maximum absolute atomic E-state index is 12.4. The molecule has 0 aliphatic carbocycles. The second-order valence-corrected chi connectivity index (χ2v) is 10.8. The van der Waals surface area contributed by atoms with E-state index in [9.17, 15) is 21.6 Å². The Morgan fingerprint density at radius 1 is 1.33 bits per heavy atom. The monoisotopic (exact) mass is 496 g/mol. The zero-order valence-corrected chi connectivity index (χ0v) is 19.6. The topological polar surface area (TPSA) is 106 Å². The van der Waals surface area contributed by atoms with E-state index in [4.69, 9.17) is 19.4 Å². The van der Waals surface area contributed by atoms with Crippen LogP contribution in [0.5, 0.6) is 0 Å². The molecule has 2 fully saturated rings. The molecule has 1 N–H and O–H groups in total. The molecule has 1 aromatic rings. The fourth-order valence-electron chi connectivity index (χ4n) is 4.05. The number of aromatic nitrogens is 1. The molecule has 3 rings (SSSR count). The van der Waals surface area contributed by atoms with Crippen LogP contribution in [0.1, 0.15) is 45.2 Å². The quantitative estimate of drug-likeness (QED) is 0.578. The zero-order chi connectivity index (χ0) is 24.7. The highest BCUT2D eigenvalue weighted by molar-refractivity contribution is 7.89. The van der Waals surface area contributed by atoms with Gasteiger partial charge in [-0.05, 0) is 57.6 Å². The molecule has 1 atom stereocenters. The Hall–Kier alpha value is -1.76. The molecule has 1 aromatic heterocycles. The Labute approximate surface area is 192 Å². The Kier molecular flexibility index (Phi) is 9.65. The first kappa shape index (κ1) is 27.5. The summed E-state index contributed by atoms with van der Waals surface area (Å²) in [4.78, 5) is 13.2. The van der Waals surface area contributed by atoms with Crippen LogP contribution in [0.15, 0.2) is 24.4 Å². The van der Waals surface area contributed by atoms with Gasteiger partial charge in [0.1, 0.15) is 0 Å². The van der Waals surface area contributed by atoms with Gasteiger partial charge in [0.15, 0.2) is 0 Å². The van der Waals surface area contributed by atoms with Gasteiger partial charge in [-0.3, -0.25) is 4.98 Å². The van der Waals surface area contributed by atoms with Crippen molar-refractivity contribution in [3.8, 4) is 0 Å². The summed E-state index contributed by atoms with van der Waals surface area (Å²) in [5.74, 6) is -2.32. The van der Waals surface area contributed by atoms with E-state index in [1.165, 1.54) is 0 Å². The third kappa shape index (κ3) is 7.62. The fourth-order valence-corrected chi connectivity index (χ4v) is 5.34. The number of carboxylic acid groups (broad SMARTS) is 1. The van der Waals surface area contributed by atoms with Crippen molar-refractivity contribution in [1.29, 1.82) is 0 Å². The predicted molar refractivity (Wildman–Crippen MR) is 114 cm³/mol. The summed E-state index contributed by atoms with van der Waals surface area (Å²) in [6, 6.07) is 5.82. The molecular weight excluding hydrogens is 465 g/mol. The first-order valence-electron chi connectivity index (χ1n) is 10.8. The van der Waals surface area contributed by atoms with Crippen LogP contribution in [-0.2, 0) is 30.9 Å². The Morgan fingerprint density at radius 3 is 2.48 bits per heavy atom. The van der Waals surface area contributed by atoms with Gasteiger partial charge < -0.3 is 14.6 Å². The highest BCUT2D eigenvalue weighted by Gasteiger charge is 2.47. The third-order valence-electron chi connectivity index (χ3n) is 5.95. The van der Waals surface area contributed by atoms with E-state index in [-0.39, 0.29) is 10.9 Å². The molecule has 0 bridgehead atoms. The first-order valence-corrected chi connectivity index (χ1v) is 12.3. The number of ether oxygens (including phenoxy) is 2. The molecular formula is C21H31F3N2O6S. The Balaban J connectivity index is 0.000000479. The molecule has 8 nitrogen and oxygen atoms in total. The molecule has 2 aliphatic rings. The SMILES string of the molecule is CC(C)S(=O)(=O)N1CCC2(CC1)OCCC2CCOCc1ccccn1.O=C(O)C(F)(F)F. The minimum atomic E-state index is -5.08. The summed E-state index contributed by atoms with van der Waals surface area (Å²) >= 11 is 0. The van der Waals surface area contributed by atoms with Gasteiger partial charge in [-0.15, -0.1) is 0 Å². The van der Waals surface area contributed by atoms with Gasteiger partial charge in [0.2, 0.25) is 10.0 Å². The van der Waals surface area contributed by atoms with Gasteiger partial charge in [0.25, 0.3) is 0 Å². The number of carbonyl (C=O) groups is 1. The molecule has 12 heteroatoms. The second kappa shape index (κ2) is 11.6. The van der Waals surface area contributed by atoms with Gasteiger partial charge in [0.05, 0.1) is 23.2 Å². The summed E-state index contributed by atoms with van der Waals surface area (Å²) in [5, 5.41) is 6.76. The van der Waals surface area contributed by atoms with E-state index in [0.717, 1.165) is 38.0 Å². The van der Waals surface area contributed by atoms with E-state index in [2.05, 4.69) is 4.98 Å². The number of halogens is 3. The molecule has 3 heterocycles. The van der Waals surface area contributed by atoms with Crippen molar-refractivity contribution in [2.45, 2.75) is 63.2 Å². The van der Waals surface area contributed by atoms with E-state index < -0.39 is 22.2 Å². The number of sulfonamides is 1. The number of carboxylic acids is 1. The van der Waals surface area contributed by atoms with Crippen LogP contribution in [0.4, 0.5) is 13.2 Å². The molecule has 0 amide bonds. The molecule has 0 saturated carbocycles. The van der Waals surface area contributed by atoms with Crippen molar-refractivity contribution in [3.05, 3.63) is 30.1 Å². The molecule has 0 radical (unpaired) electrons. The zero-order valence-electron chi connectivity index (χ0n) is 18.8. The molecule has 188 valence electrons. The van der Waals surface area contributed by atoms with Gasteiger partial charge >= 0.3 is 12.1 Å². The highest BCUT2D eigenvalue weighted by Crippen LogP contribution is 2.43. The van der Waals surface area contributed by atoms with E-state index in [1.54, 1.807) is 24.3 Å². The molecule has 2 aliphatic heterocycles. The summed E-state index contributed by atoms with van der Waals surface area (Å²) < 4.78 is 70.1. The molecule has 0 aromatic carbocycles. The molecule has 1 unspecified atom stereocenters. The van der Waals surface area contributed by atoms with Crippen molar-refractivity contribution in [2.24, 2.45) is 5.92 Å². The Bertz CT molecular complexity index is 857. The fraction of sp³-hybridized carbons (Fsp3) is 0.714.